The van der Waals surface area contributed by atoms with Gasteiger partial charge in [0.2, 0.25) is 0 Å². The third-order valence-corrected chi connectivity index (χ3v) is 5.54. The number of hydrogen-bond acceptors (Lipinski definition) is 1. The van der Waals surface area contributed by atoms with Crippen LogP contribution in [0, 0.1) is 13.8 Å². The Bertz CT molecular complexity index is 1100. The van der Waals surface area contributed by atoms with Crippen LogP contribution in [0.3, 0.4) is 0 Å². The van der Waals surface area contributed by atoms with Crippen molar-refractivity contribution in [1.82, 2.24) is 10.3 Å². The maximum absolute atomic E-state index is 3.76. The second-order valence-electron chi connectivity index (χ2n) is 7.23. The van der Waals surface area contributed by atoms with E-state index in [1.807, 2.05) is 0 Å². The number of fused-ring (bicyclic) bond motifs is 4. The SMILES string of the molecule is Cc1cc(C)c2[nH]c3c(c2c1)CCNC3c1cccc2ccccc12. The van der Waals surface area contributed by atoms with Crippen LogP contribution in [-0.2, 0) is 6.42 Å². The molecule has 4 aromatic rings. The Morgan fingerprint density at radius 3 is 2.68 bits per heavy atom. The zero-order valence-corrected chi connectivity index (χ0v) is 14.7. The van der Waals surface area contributed by atoms with E-state index in [2.05, 4.69) is 78.7 Å². The van der Waals surface area contributed by atoms with E-state index in [9.17, 15) is 0 Å². The first-order valence-electron chi connectivity index (χ1n) is 9.05. The number of rotatable bonds is 1. The van der Waals surface area contributed by atoms with Gasteiger partial charge in [-0.25, -0.2) is 0 Å². The van der Waals surface area contributed by atoms with Gasteiger partial charge in [-0.15, -0.1) is 0 Å². The van der Waals surface area contributed by atoms with Crippen LogP contribution >= 0.6 is 0 Å². The van der Waals surface area contributed by atoms with Crippen LogP contribution in [0.5, 0.6) is 0 Å². The van der Waals surface area contributed by atoms with Crippen LogP contribution in [0.15, 0.2) is 54.6 Å². The smallest absolute Gasteiger partial charge is 0.0738 e. The molecule has 3 aromatic carbocycles. The molecule has 2 heterocycles. The Morgan fingerprint density at radius 2 is 1.76 bits per heavy atom. The molecule has 0 amide bonds. The van der Waals surface area contributed by atoms with Gasteiger partial charge >= 0.3 is 0 Å². The van der Waals surface area contributed by atoms with Gasteiger partial charge in [0.05, 0.1) is 6.04 Å². The molecule has 0 fully saturated rings. The van der Waals surface area contributed by atoms with Gasteiger partial charge in [-0.2, -0.15) is 0 Å². The minimum absolute atomic E-state index is 0.224. The molecule has 0 saturated heterocycles. The largest absolute Gasteiger partial charge is 0.356 e. The fourth-order valence-electron chi connectivity index (χ4n) is 4.45. The average molecular weight is 326 g/mol. The molecule has 1 atom stereocenters. The molecule has 2 N–H and O–H groups in total. The molecule has 0 spiro atoms. The quantitative estimate of drug-likeness (QED) is 0.496. The third kappa shape index (κ3) is 2.21. The van der Waals surface area contributed by atoms with Gasteiger partial charge < -0.3 is 10.3 Å². The molecule has 1 unspecified atom stereocenters. The van der Waals surface area contributed by atoms with Crippen molar-refractivity contribution in [2.45, 2.75) is 26.3 Å². The fraction of sp³-hybridized carbons (Fsp3) is 0.217. The van der Waals surface area contributed by atoms with Gasteiger partial charge in [-0.05, 0) is 53.8 Å². The van der Waals surface area contributed by atoms with Crippen molar-refractivity contribution in [3.63, 3.8) is 0 Å². The highest BCUT2D eigenvalue weighted by Gasteiger charge is 2.26. The Kier molecular flexibility index (Phi) is 3.22. The predicted octanol–water partition coefficient (Wildman–Crippen LogP) is 5.17. The topological polar surface area (TPSA) is 27.8 Å². The minimum Gasteiger partial charge on any atom is -0.356 e. The number of nitrogens with one attached hydrogen (secondary N) is 2. The van der Waals surface area contributed by atoms with E-state index in [1.54, 1.807) is 0 Å². The molecule has 0 saturated carbocycles. The van der Waals surface area contributed by atoms with Gasteiger partial charge in [-0.1, -0.05) is 54.1 Å². The van der Waals surface area contributed by atoms with Crippen molar-refractivity contribution >= 4 is 21.7 Å². The third-order valence-electron chi connectivity index (χ3n) is 5.54. The molecule has 1 aromatic heterocycles. The molecule has 0 radical (unpaired) electrons. The standard InChI is InChI=1S/C23H22N2/c1-14-12-15(2)21-20(13-14)19-10-11-24-22(23(19)25-21)18-9-5-7-16-6-3-4-8-17(16)18/h3-9,12-13,22,24-25H,10-11H2,1-2H3. The Balaban J connectivity index is 1.77. The molecule has 1 aliphatic rings. The van der Waals surface area contributed by atoms with Crippen LogP contribution in [-0.4, -0.2) is 11.5 Å². The maximum atomic E-state index is 3.76. The molecule has 1 aliphatic heterocycles. The van der Waals surface area contributed by atoms with Crippen LogP contribution < -0.4 is 5.32 Å². The second-order valence-corrected chi connectivity index (χ2v) is 7.23. The number of aromatic nitrogens is 1. The molecule has 2 heteroatoms. The van der Waals surface area contributed by atoms with E-state index in [4.69, 9.17) is 0 Å². The minimum atomic E-state index is 0.224. The number of aromatic amines is 1. The highest BCUT2D eigenvalue weighted by atomic mass is 15.0. The number of aryl methyl sites for hydroxylation is 2. The first-order valence-corrected chi connectivity index (χ1v) is 9.05. The zero-order chi connectivity index (χ0) is 17.0. The molecule has 124 valence electrons. The average Bonchev–Trinajstić information content (AvgIpc) is 3.00. The van der Waals surface area contributed by atoms with Crippen molar-refractivity contribution in [3.8, 4) is 0 Å². The van der Waals surface area contributed by atoms with Crippen LogP contribution in [0.4, 0.5) is 0 Å². The molecule has 5 rings (SSSR count). The van der Waals surface area contributed by atoms with E-state index in [-0.39, 0.29) is 6.04 Å². The lowest BCUT2D eigenvalue weighted by molar-refractivity contribution is 0.563. The molecule has 0 bridgehead atoms. The predicted molar refractivity (Wildman–Crippen MR) is 105 cm³/mol. The number of H-pyrrole nitrogens is 1. The summed E-state index contributed by atoms with van der Waals surface area (Å²) in [4.78, 5) is 3.76. The van der Waals surface area contributed by atoms with Gasteiger partial charge in [0.25, 0.3) is 0 Å². The summed E-state index contributed by atoms with van der Waals surface area (Å²) in [6, 6.07) is 20.1. The summed E-state index contributed by atoms with van der Waals surface area (Å²) < 4.78 is 0. The van der Waals surface area contributed by atoms with Crippen molar-refractivity contribution in [2.75, 3.05) is 6.54 Å². The first-order chi connectivity index (χ1) is 12.2. The lowest BCUT2D eigenvalue weighted by atomic mass is 9.91. The van der Waals surface area contributed by atoms with Crippen molar-refractivity contribution in [3.05, 3.63) is 82.5 Å². The van der Waals surface area contributed by atoms with Crippen LogP contribution in [0.25, 0.3) is 21.7 Å². The summed E-state index contributed by atoms with van der Waals surface area (Å²) in [6.07, 6.45) is 1.08. The lowest BCUT2D eigenvalue weighted by Gasteiger charge is -2.26. The van der Waals surface area contributed by atoms with E-state index < -0.39 is 0 Å². The summed E-state index contributed by atoms with van der Waals surface area (Å²) in [5.74, 6) is 0. The zero-order valence-electron chi connectivity index (χ0n) is 14.7. The van der Waals surface area contributed by atoms with E-state index >= 15 is 0 Å². The summed E-state index contributed by atoms with van der Waals surface area (Å²) in [6.45, 7) is 5.41. The highest BCUT2D eigenvalue weighted by Crippen LogP contribution is 2.37. The lowest BCUT2D eigenvalue weighted by Crippen LogP contribution is -2.30. The van der Waals surface area contributed by atoms with Crippen molar-refractivity contribution < 1.29 is 0 Å². The maximum Gasteiger partial charge on any atom is 0.0738 e. The second kappa shape index (κ2) is 5.47. The molecule has 0 aliphatic carbocycles. The van der Waals surface area contributed by atoms with E-state index in [0.717, 1.165) is 13.0 Å². The monoisotopic (exact) mass is 326 g/mol. The van der Waals surface area contributed by atoms with Gasteiger partial charge in [-0.3, -0.25) is 0 Å². The fourth-order valence-corrected chi connectivity index (χ4v) is 4.45. The first kappa shape index (κ1) is 14.7. The Labute approximate surface area is 147 Å². The summed E-state index contributed by atoms with van der Waals surface area (Å²) in [7, 11) is 0. The van der Waals surface area contributed by atoms with Gasteiger partial charge in [0.1, 0.15) is 0 Å². The molecular formula is C23H22N2. The van der Waals surface area contributed by atoms with Crippen LogP contribution in [0.2, 0.25) is 0 Å². The van der Waals surface area contributed by atoms with Gasteiger partial charge in [0.15, 0.2) is 0 Å². The summed E-state index contributed by atoms with van der Waals surface area (Å²) >= 11 is 0. The van der Waals surface area contributed by atoms with Crippen molar-refractivity contribution in [2.24, 2.45) is 0 Å². The van der Waals surface area contributed by atoms with E-state index in [1.165, 1.54) is 49.6 Å². The Morgan fingerprint density at radius 1 is 0.920 bits per heavy atom. The number of hydrogen-bond donors (Lipinski definition) is 2. The Hall–Kier alpha value is -2.58. The van der Waals surface area contributed by atoms with E-state index in [0.29, 0.717) is 0 Å². The van der Waals surface area contributed by atoms with Gasteiger partial charge in [0, 0.05) is 23.1 Å². The highest BCUT2D eigenvalue weighted by molar-refractivity contribution is 5.90. The molecule has 2 nitrogen and oxygen atoms in total. The molecular weight excluding hydrogens is 304 g/mol. The van der Waals surface area contributed by atoms with Crippen LogP contribution in [0.1, 0.15) is 34.0 Å². The summed E-state index contributed by atoms with van der Waals surface area (Å²) in [5, 5.41) is 7.79. The van der Waals surface area contributed by atoms with Crippen molar-refractivity contribution in [1.29, 1.82) is 0 Å². The normalized spacial score (nSPS) is 17.1. The summed E-state index contributed by atoms with van der Waals surface area (Å²) in [5.41, 5.74) is 8.16. The molecule has 25 heavy (non-hydrogen) atoms. The number of benzene rings is 3.